The minimum Gasteiger partial charge on any atom is -0.375 e. The maximum Gasteiger partial charge on any atom is 0.0729 e. The van der Waals surface area contributed by atoms with Crippen molar-refractivity contribution < 1.29 is 0 Å². The molecule has 0 bridgehead atoms. The zero-order valence-corrected chi connectivity index (χ0v) is 12.9. The Balaban J connectivity index is 2.22. The van der Waals surface area contributed by atoms with Crippen LogP contribution in [-0.4, -0.2) is 6.54 Å². The fourth-order valence-electron chi connectivity index (χ4n) is 1.82. The number of hydrogen-bond donors (Lipinski definition) is 2. The Hall–Kier alpha value is -0.840. The number of benzene rings is 1. The average Bonchev–Trinajstić information content (AvgIpc) is 2.77. The van der Waals surface area contributed by atoms with Gasteiger partial charge in [0.1, 0.15) is 0 Å². The van der Waals surface area contributed by atoms with Gasteiger partial charge in [0.05, 0.1) is 6.04 Å². The molecule has 0 fully saturated rings. The Morgan fingerprint density at radius 3 is 2.67 bits per heavy atom. The molecule has 1 aromatic carbocycles. The van der Waals surface area contributed by atoms with Crippen LogP contribution in [0, 0.1) is 13.8 Å². The van der Waals surface area contributed by atoms with Gasteiger partial charge in [0.15, 0.2) is 0 Å². The van der Waals surface area contributed by atoms with E-state index in [9.17, 15) is 0 Å². The highest BCUT2D eigenvalue weighted by molar-refractivity contribution is 9.10. The summed E-state index contributed by atoms with van der Waals surface area (Å²) < 4.78 is 1.07. The number of thiophene rings is 1. The molecule has 18 heavy (non-hydrogen) atoms. The summed E-state index contributed by atoms with van der Waals surface area (Å²) in [5.41, 5.74) is 8.21. The Morgan fingerprint density at radius 1 is 1.28 bits per heavy atom. The Bertz CT molecular complexity index is 536. The van der Waals surface area contributed by atoms with Crippen molar-refractivity contribution in [2.75, 3.05) is 11.9 Å². The topological polar surface area (TPSA) is 38.0 Å². The number of rotatable bonds is 4. The molecule has 0 saturated heterocycles. The summed E-state index contributed by atoms with van der Waals surface area (Å²) in [5, 5.41) is 3.51. The summed E-state index contributed by atoms with van der Waals surface area (Å²) in [6.07, 6.45) is 0. The lowest BCUT2D eigenvalue weighted by atomic mass is 10.2. The summed E-state index contributed by atoms with van der Waals surface area (Å²) >= 11 is 5.36. The molecule has 0 spiro atoms. The number of anilines is 1. The molecule has 2 rings (SSSR count). The van der Waals surface area contributed by atoms with Crippen molar-refractivity contribution in [3.05, 3.63) is 50.1 Å². The molecular formula is C14H17BrN2S. The summed E-state index contributed by atoms with van der Waals surface area (Å²) in [4.78, 5) is 2.59. The first-order chi connectivity index (χ1) is 8.60. The lowest BCUT2D eigenvalue weighted by molar-refractivity contribution is 0.805. The Labute approximate surface area is 120 Å². The van der Waals surface area contributed by atoms with E-state index in [1.807, 2.05) is 0 Å². The van der Waals surface area contributed by atoms with Crippen LogP contribution >= 0.6 is 27.3 Å². The molecule has 0 aliphatic heterocycles. The third-order valence-corrected chi connectivity index (χ3v) is 4.60. The molecule has 0 aliphatic carbocycles. The van der Waals surface area contributed by atoms with E-state index < -0.39 is 0 Å². The summed E-state index contributed by atoms with van der Waals surface area (Å²) in [6, 6.07) is 10.7. The van der Waals surface area contributed by atoms with Crippen molar-refractivity contribution in [3.63, 3.8) is 0 Å². The van der Waals surface area contributed by atoms with Crippen LogP contribution in [0.1, 0.15) is 21.4 Å². The van der Waals surface area contributed by atoms with Gasteiger partial charge in [-0.25, -0.2) is 0 Å². The molecule has 0 saturated carbocycles. The molecule has 0 radical (unpaired) electrons. The smallest absolute Gasteiger partial charge is 0.0729 e. The van der Waals surface area contributed by atoms with Crippen LogP contribution in [0.3, 0.4) is 0 Å². The quantitative estimate of drug-likeness (QED) is 0.882. The predicted octanol–water partition coefficient (Wildman–Crippen LogP) is 4.24. The first kappa shape index (κ1) is 13.6. The van der Waals surface area contributed by atoms with Crippen LogP contribution in [-0.2, 0) is 0 Å². The standard InChI is InChI=1S/C14H17BrN2S/c1-9-3-5-11(15)12(7-9)17-13(8-16)14-6-4-10(2)18-14/h3-7,13,17H,8,16H2,1-2H3. The van der Waals surface area contributed by atoms with E-state index >= 15 is 0 Å². The summed E-state index contributed by atoms with van der Waals surface area (Å²) in [7, 11) is 0. The van der Waals surface area contributed by atoms with Gasteiger partial charge in [-0.3, -0.25) is 0 Å². The van der Waals surface area contributed by atoms with Gasteiger partial charge in [0.2, 0.25) is 0 Å². The normalized spacial score (nSPS) is 12.4. The van der Waals surface area contributed by atoms with Gasteiger partial charge >= 0.3 is 0 Å². The van der Waals surface area contributed by atoms with E-state index in [4.69, 9.17) is 5.73 Å². The fourth-order valence-corrected chi connectivity index (χ4v) is 3.13. The highest BCUT2D eigenvalue weighted by Gasteiger charge is 2.12. The van der Waals surface area contributed by atoms with Crippen molar-refractivity contribution in [2.24, 2.45) is 5.73 Å². The molecule has 0 amide bonds. The third kappa shape index (κ3) is 3.13. The Kier molecular flexibility index (Phi) is 4.43. The van der Waals surface area contributed by atoms with Gasteiger partial charge in [-0.05, 0) is 59.6 Å². The second-order valence-electron chi connectivity index (χ2n) is 4.36. The molecule has 1 aromatic heterocycles. The fraction of sp³-hybridized carbons (Fsp3) is 0.286. The zero-order chi connectivity index (χ0) is 13.1. The second kappa shape index (κ2) is 5.87. The van der Waals surface area contributed by atoms with Crippen LogP contribution in [0.4, 0.5) is 5.69 Å². The highest BCUT2D eigenvalue weighted by atomic mass is 79.9. The average molecular weight is 325 g/mol. The second-order valence-corrected chi connectivity index (χ2v) is 6.54. The van der Waals surface area contributed by atoms with Gasteiger partial charge < -0.3 is 11.1 Å². The van der Waals surface area contributed by atoms with Crippen LogP contribution in [0.5, 0.6) is 0 Å². The summed E-state index contributed by atoms with van der Waals surface area (Å²) in [6.45, 7) is 4.79. The maximum absolute atomic E-state index is 5.88. The van der Waals surface area contributed by atoms with E-state index in [1.165, 1.54) is 15.3 Å². The molecule has 3 N–H and O–H groups in total. The minimum absolute atomic E-state index is 0.168. The molecular weight excluding hydrogens is 308 g/mol. The van der Waals surface area contributed by atoms with E-state index in [0.29, 0.717) is 6.54 Å². The molecule has 2 aromatic rings. The zero-order valence-electron chi connectivity index (χ0n) is 10.5. The monoisotopic (exact) mass is 324 g/mol. The predicted molar refractivity (Wildman–Crippen MR) is 83.4 cm³/mol. The number of aryl methyl sites for hydroxylation is 2. The van der Waals surface area contributed by atoms with E-state index in [1.54, 1.807) is 11.3 Å². The minimum atomic E-state index is 0.168. The third-order valence-electron chi connectivity index (χ3n) is 2.79. The van der Waals surface area contributed by atoms with Gasteiger partial charge in [-0.15, -0.1) is 11.3 Å². The van der Waals surface area contributed by atoms with Crippen LogP contribution in [0.25, 0.3) is 0 Å². The van der Waals surface area contributed by atoms with Crippen molar-refractivity contribution in [3.8, 4) is 0 Å². The largest absolute Gasteiger partial charge is 0.375 e. The molecule has 1 atom stereocenters. The highest BCUT2D eigenvalue weighted by Crippen LogP contribution is 2.30. The van der Waals surface area contributed by atoms with Crippen molar-refractivity contribution in [2.45, 2.75) is 19.9 Å². The number of nitrogens with one attached hydrogen (secondary N) is 1. The molecule has 4 heteroatoms. The van der Waals surface area contributed by atoms with Gasteiger partial charge in [0.25, 0.3) is 0 Å². The van der Waals surface area contributed by atoms with E-state index in [2.05, 4.69) is 65.4 Å². The van der Waals surface area contributed by atoms with Crippen molar-refractivity contribution in [1.82, 2.24) is 0 Å². The first-order valence-electron chi connectivity index (χ1n) is 5.89. The first-order valence-corrected chi connectivity index (χ1v) is 7.50. The van der Waals surface area contributed by atoms with Crippen molar-refractivity contribution in [1.29, 1.82) is 0 Å². The Morgan fingerprint density at radius 2 is 2.06 bits per heavy atom. The van der Waals surface area contributed by atoms with Crippen molar-refractivity contribution >= 4 is 33.0 Å². The lowest BCUT2D eigenvalue weighted by Crippen LogP contribution is -2.19. The van der Waals surface area contributed by atoms with Crippen LogP contribution in [0.15, 0.2) is 34.8 Å². The van der Waals surface area contributed by atoms with E-state index in [-0.39, 0.29) is 6.04 Å². The molecule has 96 valence electrons. The number of nitrogens with two attached hydrogens (primary N) is 1. The maximum atomic E-state index is 5.88. The van der Waals surface area contributed by atoms with E-state index in [0.717, 1.165) is 10.2 Å². The van der Waals surface area contributed by atoms with Gasteiger partial charge in [-0.1, -0.05) is 6.07 Å². The van der Waals surface area contributed by atoms with Crippen LogP contribution in [0.2, 0.25) is 0 Å². The molecule has 1 heterocycles. The van der Waals surface area contributed by atoms with Gasteiger partial charge in [-0.2, -0.15) is 0 Å². The molecule has 1 unspecified atom stereocenters. The SMILES string of the molecule is Cc1ccc(Br)c(NC(CN)c2ccc(C)s2)c1. The molecule has 2 nitrogen and oxygen atoms in total. The molecule has 0 aliphatic rings. The number of halogens is 1. The lowest BCUT2D eigenvalue weighted by Gasteiger charge is -2.18. The number of hydrogen-bond acceptors (Lipinski definition) is 3. The summed E-state index contributed by atoms with van der Waals surface area (Å²) in [5.74, 6) is 0. The van der Waals surface area contributed by atoms with Gasteiger partial charge in [0, 0.05) is 26.5 Å². The van der Waals surface area contributed by atoms with Crippen LogP contribution < -0.4 is 11.1 Å².